The summed E-state index contributed by atoms with van der Waals surface area (Å²) in [4.78, 5) is 11.7. The molecule has 0 aliphatic heterocycles. The molecule has 0 aliphatic rings. The number of hydrogen-bond donors (Lipinski definition) is 1. The maximum Gasteiger partial charge on any atom is 0.232 e. The van der Waals surface area contributed by atoms with Crippen molar-refractivity contribution in [1.29, 1.82) is 0 Å². The summed E-state index contributed by atoms with van der Waals surface area (Å²) in [5, 5.41) is 2.75. The van der Waals surface area contributed by atoms with Gasteiger partial charge in [-0.2, -0.15) is 0 Å². The first kappa shape index (κ1) is 17.4. The Morgan fingerprint density at radius 3 is 2.52 bits per heavy atom. The topological polar surface area (TPSA) is 66.5 Å². The lowest BCUT2D eigenvalue weighted by Gasteiger charge is -2.23. The first-order chi connectivity index (χ1) is 9.75. The summed E-state index contributed by atoms with van der Waals surface area (Å²) in [5.74, 6) is -0.889. The van der Waals surface area contributed by atoms with Crippen molar-refractivity contribution in [3.8, 4) is 0 Å². The van der Waals surface area contributed by atoms with E-state index in [0.717, 1.165) is 17.0 Å². The van der Waals surface area contributed by atoms with Crippen molar-refractivity contribution in [2.24, 2.45) is 0 Å². The molecule has 1 rings (SSSR count). The van der Waals surface area contributed by atoms with Crippen LogP contribution in [0.5, 0.6) is 0 Å². The first-order valence-electron chi connectivity index (χ1n) is 6.77. The molecule has 0 spiro atoms. The molecule has 1 atom stereocenters. The Kier molecular flexibility index (Phi) is 6.14. The van der Waals surface area contributed by atoms with Crippen LogP contribution in [0.25, 0.3) is 0 Å². The SMILES string of the molecule is CCC(C)NC(=O)CCN(c1ccccc1F)S(C)(=O)=O. The number of amides is 1. The Balaban J connectivity index is 2.83. The van der Waals surface area contributed by atoms with E-state index in [2.05, 4.69) is 5.32 Å². The van der Waals surface area contributed by atoms with Crippen LogP contribution in [0.3, 0.4) is 0 Å². The molecule has 7 heteroatoms. The second-order valence-electron chi connectivity index (χ2n) is 4.91. The highest BCUT2D eigenvalue weighted by atomic mass is 32.2. The fourth-order valence-electron chi connectivity index (χ4n) is 1.77. The number of hydrogen-bond acceptors (Lipinski definition) is 3. The minimum Gasteiger partial charge on any atom is -0.354 e. The number of carbonyl (C=O) groups excluding carboxylic acids is 1. The van der Waals surface area contributed by atoms with Crippen molar-refractivity contribution in [2.45, 2.75) is 32.7 Å². The van der Waals surface area contributed by atoms with Crippen molar-refractivity contribution in [2.75, 3.05) is 17.1 Å². The van der Waals surface area contributed by atoms with Crippen molar-refractivity contribution in [3.05, 3.63) is 30.1 Å². The standard InChI is InChI=1S/C14H21FN2O3S/c1-4-11(2)16-14(18)9-10-17(21(3,19)20)13-8-6-5-7-12(13)15/h5-8,11H,4,9-10H2,1-3H3,(H,16,18). The number of benzene rings is 1. The molecule has 0 saturated heterocycles. The lowest BCUT2D eigenvalue weighted by atomic mass is 10.2. The van der Waals surface area contributed by atoms with E-state index >= 15 is 0 Å². The number of halogens is 1. The van der Waals surface area contributed by atoms with Crippen molar-refractivity contribution in [1.82, 2.24) is 5.32 Å². The van der Waals surface area contributed by atoms with Crippen LogP contribution in [0.15, 0.2) is 24.3 Å². The van der Waals surface area contributed by atoms with Crippen molar-refractivity contribution >= 4 is 21.6 Å². The monoisotopic (exact) mass is 316 g/mol. The second kappa shape index (κ2) is 7.40. The molecule has 0 heterocycles. The minimum absolute atomic E-state index is 0.0221. The van der Waals surface area contributed by atoms with Crippen LogP contribution in [0.2, 0.25) is 0 Å². The predicted octanol–water partition coefficient (Wildman–Crippen LogP) is 1.90. The number of anilines is 1. The van der Waals surface area contributed by atoms with E-state index < -0.39 is 15.8 Å². The molecule has 0 radical (unpaired) electrons. The highest BCUT2D eigenvalue weighted by molar-refractivity contribution is 7.92. The van der Waals surface area contributed by atoms with Crippen LogP contribution in [0.4, 0.5) is 10.1 Å². The van der Waals surface area contributed by atoms with Crippen LogP contribution in [0.1, 0.15) is 26.7 Å². The third kappa shape index (κ3) is 5.34. The van der Waals surface area contributed by atoms with Crippen LogP contribution in [-0.2, 0) is 14.8 Å². The Morgan fingerprint density at radius 1 is 1.38 bits per heavy atom. The summed E-state index contributed by atoms with van der Waals surface area (Å²) in [6.45, 7) is 3.71. The molecule has 0 aromatic heterocycles. The average molecular weight is 316 g/mol. The van der Waals surface area contributed by atoms with Gasteiger partial charge in [-0.05, 0) is 25.5 Å². The van der Waals surface area contributed by atoms with Gasteiger partial charge in [0.1, 0.15) is 5.82 Å². The van der Waals surface area contributed by atoms with Gasteiger partial charge >= 0.3 is 0 Å². The quantitative estimate of drug-likeness (QED) is 0.835. The molecule has 1 unspecified atom stereocenters. The van der Waals surface area contributed by atoms with Gasteiger partial charge in [0.15, 0.2) is 0 Å². The fourth-order valence-corrected chi connectivity index (χ4v) is 2.70. The molecule has 0 bridgehead atoms. The zero-order valence-corrected chi connectivity index (χ0v) is 13.3. The zero-order chi connectivity index (χ0) is 16.0. The van der Waals surface area contributed by atoms with Gasteiger partial charge < -0.3 is 5.32 Å². The van der Waals surface area contributed by atoms with E-state index in [4.69, 9.17) is 0 Å². The smallest absolute Gasteiger partial charge is 0.232 e. The number of sulfonamides is 1. The van der Waals surface area contributed by atoms with Gasteiger partial charge in [-0.15, -0.1) is 0 Å². The van der Waals surface area contributed by atoms with Gasteiger partial charge in [-0.3, -0.25) is 9.10 Å². The molecule has 1 N–H and O–H groups in total. The molecule has 1 aromatic carbocycles. The summed E-state index contributed by atoms with van der Waals surface area (Å²) >= 11 is 0. The molecule has 0 aliphatic carbocycles. The van der Waals surface area contributed by atoms with E-state index in [1.165, 1.54) is 18.2 Å². The summed E-state index contributed by atoms with van der Waals surface area (Å²) in [5.41, 5.74) is -0.0451. The Hall–Kier alpha value is -1.63. The Morgan fingerprint density at radius 2 is 2.00 bits per heavy atom. The summed E-state index contributed by atoms with van der Waals surface area (Å²) < 4.78 is 38.3. The predicted molar refractivity (Wildman–Crippen MR) is 81.1 cm³/mol. The largest absolute Gasteiger partial charge is 0.354 e. The summed E-state index contributed by atoms with van der Waals surface area (Å²) in [6, 6.07) is 5.62. The Bertz CT molecular complexity index is 590. The molecular weight excluding hydrogens is 295 g/mol. The van der Waals surface area contributed by atoms with Crippen LogP contribution >= 0.6 is 0 Å². The van der Waals surface area contributed by atoms with Crippen molar-refractivity contribution in [3.63, 3.8) is 0 Å². The van der Waals surface area contributed by atoms with Gasteiger partial charge in [-0.25, -0.2) is 12.8 Å². The van der Waals surface area contributed by atoms with Crippen molar-refractivity contribution < 1.29 is 17.6 Å². The maximum absolute atomic E-state index is 13.8. The van der Waals surface area contributed by atoms with E-state index in [1.807, 2.05) is 13.8 Å². The molecular formula is C14H21FN2O3S. The lowest BCUT2D eigenvalue weighted by Crippen LogP contribution is -2.37. The number of carbonyl (C=O) groups is 1. The van der Waals surface area contributed by atoms with Crippen LogP contribution in [0, 0.1) is 5.82 Å². The van der Waals surface area contributed by atoms with Gasteiger partial charge in [0, 0.05) is 19.0 Å². The van der Waals surface area contributed by atoms with Gasteiger partial charge in [0.25, 0.3) is 0 Å². The number of nitrogens with zero attached hydrogens (tertiary/aromatic N) is 1. The number of nitrogens with one attached hydrogen (secondary N) is 1. The van der Waals surface area contributed by atoms with Crippen LogP contribution in [-0.4, -0.2) is 33.2 Å². The lowest BCUT2D eigenvalue weighted by molar-refractivity contribution is -0.121. The molecule has 1 amide bonds. The van der Waals surface area contributed by atoms with E-state index in [1.54, 1.807) is 6.07 Å². The molecule has 21 heavy (non-hydrogen) atoms. The number of rotatable bonds is 7. The van der Waals surface area contributed by atoms with E-state index in [0.29, 0.717) is 0 Å². The average Bonchev–Trinajstić information content (AvgIpc) is 2.39. The van der Waals surface area contributed by atoms with Crippen LogP contribution < -0.4 is 9.62 Å². The second-order valence-corrected chi connectivity index (χ2v) is 6.82. The molecule has 0 fully saturated rings. The fraction of sp³-hybridized carbons (Fsp3) is 0.500. The first-order valence-corrected chi connectivity index (χ1v) is 8.62. The van der Waals surface area contributed by atoms with Gasteiger partial charge in [0.05, 0.1) is 11.9 Å². The molecule has 5 nitrogen and oxygen atoms in total. The van der Waals surface area contributed by atoms with E-state index in [-0.39, 0.29) is 30.6 Å². The third-order valence-corrected chi connectivity index (χ3v) is 4.26. The maximum atomic E-state index is 13.8. The summed E-state index contributed by atoms with van der Waals surface area (Å²) in [6.07, 6.45) is 1.76. The minimum atomic E-state index is -3.66. The zero-order valence-electron chi connectivity index (χ0n) is 12.5. The van der Waals surface area contributed by atoms with Gasteiger partial charge in [0.2, 0.25) is 15.9 Å². The Labute approximate surface area is 125 Å². The highest BCUT2D eigenvalue weighted by Crippen LogP contribution is 2.21. The summed E-state index contributed by atoms with van der Waals surface area (Å²) in [7, 11) is -3.66. The molecule has 118 valence electrons. The highest BCUT2D eigenvalue weighted by Gasteiger charge is 2.21. The number of para-hydroxylation sites is 1. The third-order valence-electron chi connectivity index (χ3n) is 3.08. The van der Waals surface area contributed by atoms with E-state index in [9.17, 15) is 17.6 Å². The normalized spacial score (nSPS) is 12.8. The van der Waals surface area contributed by atoms with Gasteiger partial charge in [-0.1, -0.05) is 19.1 Å². The molecule has 1 aromatic rings. The molecule has 0 saturated carbocycles.